The summed E-state index contributed by atoms with van der Waals surface area (Å²) in [4.78, 5) is 5.28. The molecule has 0 aromatic rings. The topological polar surface area (TPSA) is 21.3 Å². The Balaban J connectivity index is 2.37. The van der Waals surface area contributed by atoms with Gasteiger partial charge in [0.1, 0.15) is 13.1 Å². The molecule has 1 fully saturated rings. The number of hydrogen-bond acceptors (Lipinski definition) is 2. The van der Waals surface area contributed by atoms with E-state index >= 15 is 0 Å². The van der Waals surface area contributed by atoms with E-state index in [2.05, 4.69) is 12.4 Å². The van der Waals surface area contributed by atoms with Gasteiger partial charge in [-0.15, -0.1) is 0 Å². The third-order valence-electron chi connectivity index (χ3n) is 1.96. The molecule has 54 valence electrons. The minimum Gasteiger partial charge on any atom is -0.306 e. The minimum absolute atomic E-state index is 0.757. The Morgan fingerprint density at radius 2 is 1.89 bits per heavy atom. The van der Waals surface area contributed by atoms with Gasteiger partial charge in [-0.1, -0.05) is 0 Å². The number of hydroxylamine groups is 3. The van der Waals surface area contributed by atoms with Crippen LogP contribution in [0.15, 0.2) is 0 Å². The lowest BCUT2D eigenvalue weighted by molar-refractivity contribution is -1.09. The predicted molar refractivity (Wildman–Crippen MR) is 35.8 cm³/mol. The largest absolute Gasteiger partial charge is 0.306 e. The van der Waals surface area contributed by atoms with Crippen molar-refractivity contribution in [2.24, 2.45) is 0 Å². The van der Waals surface area contributed by atoms with Crippen LogP contribution in [0.3, 0.4) is 0 Å². The second-order valence-electron chi connectivity index (χ2n) is 2.68. The molecule has 1 aliphatic heterocycles. The van der Waals surface area contributed by atoms with Crippen molar-refractivity contribution in [3.05, 3.63) is 0 Å². The van der Waals surface area contributed by atoms with Crippen LogP contribution < -0.4 is 5.32 Å². The highest BCUT2D eigenvalue weighted by Gasteiger charge is 2.24. The van der Waals surface area contributed by atoms with E-state index in [-0.39, 0.29) is 0 Å². The van der Waals surface area contributed by atoms with Gasteiger partial charge < -0.3 is 5.32 Å². The smallest absolute Gasteiger partial charge is 0.121 e. The minimum atomic E-state index is 0.757. The fourth-order valence-electron chi connectivity index (χ4n) is 1.05. The molecule has 1 rings (SSSR count). The highest BCUT2D eigenvalue weighted by atomic mass is 16.7. The fourth-order valence-corrected chi connectivity index (χ4v) is 1.05. The van der Waals surface area contributed by atoms with Gasteiger partial charge in [-0.3, -0.25) is 0 Å². The van der Waals surface area contributed by atoms with Gasteiger partial charge in [0.15, 0.2) is 0 Å². The number of quaternary nitrogens is 1. The van der Waals surface area contributed by atoms with Crippen molar-refractivity contribution in [2.75, 3.05) is 40.3 Å². The second-order valence-corrected chi connectivity index (χ2v) is 2.68. The maximum atomic E-state index is 5.28. The Kier molecular flexibility index (Phi) is 2.05. The molecular weight excluding hydrogens is 116 g/mol. The van der Waals surface area contributed by atoms with E-state index in [0.717, 1.165) is 30.8 Å². The molecule has 0 bridgehead atoms. The Morgan fingerprint density at radius 1 is 1.33 bits per heavy atom. The highest BCUT2D eigenvalue weighted by Crippen LogP contribution is 2.02. The van der Waals surface area contributed by atoms with Crippen molar-refractivity contribution in [1.82, 2.24) is 5.32 Å². The maximum absolute atomic E-state index is 5.28. The third-order valence-corrected chi connectivity index (χ3v) is 1.96. The lowest BCUT2D eigenvalue weighted by atomic mass is 10.4. The molecule has 3 nitrogen and oxygen atoms in total. The van der Waals surface area contributed by atoms with Crippen LogP contribution in [0.2, 0.25) is 0 Å². The van der Waals surface area contributed by atoms with Gasteiger partial charge in [0.05, 0.1) is 14.2 Å². The van der Waals surface area contributed by atoms with Gasteiger partial charge in [-0.2, -0.15) is 4.65 Å². The summed E-state index contributed by atoms with van der Waals surface area (Å²) in [7, 11) is 3.88. The number of hydrogen-bond donors (Lipinski definition) is 1. The second kappa shape index (κ2) is 2.64. The lowest BCUT2D eigenvalue weighted by Crippen LogP contribution is -2.55. The number of nitrogens with zero attached hydrogens (tertiary/aromatic N) is 1. The van der Waals surface area contributed by atoms with E-state index in [0.29, 0.717) is 0 Å². The molecule has 1 aliphatic rings. The average Bonchev–Trinajstić information content (AvgIpc) is 1.90. The summed E-state index contributed by atoms with van der Waals surface area (Å²) in [5, 5.41) is 3.28. The van der Waals surface area contributed by atoms with Crippen LogP contribution in [0.1, 0.15) is 0 Å². The van der Waals surface area contributed by atoms with Crippen molar-refractivity contribution in [3.8, 4) is 0 Å². The number of nitrogens with one attached hydrogen (secondary N) is 1. The summed E-state index contributed by atoms with van der Waals surface area (Å²) in [5.74, 6) is 0. The van der Waals surface area contributed by atoms with Crippen LogP contribution >= 0.6 is 0 Å². The first-order valence-corrected chi connectivity index (χ1v) is 3.38. The van der Waals surface area contributed by atoms with Crippen LogP contribution in [0, 0.1) is 0 Å². The van der Waals surface area contributed by atoms with Crippen LogP contribution in [0.25, 0.3) is 0 Å². The van der Waals surface area contributed by atoms with Gasteiger partial charge >= 0.3 is 0 Å². The molecule has 1 saturated heterocycles. The molecule has 0 spiro atoms. The SMILES string of the molecule is CO[N+]1(C)CCNCC1. The first-order valence-electron chi connectivity index (χ1n) is 3.38. The van der Waals surface area contributed by atoms with Gasteiger partial charge in [0, 0.05) is 13.1 Å². The van der Waals surface area contributed by atoms with E-state index in [1.54, 1.807) is 7.11 Å². The predicted octanol–water partition coefficient (Wildman–Crippen LogP) is -0.402. The molecular formula is C6H15N2O+. The molecule has 0 atom stereocenters. The fraction of sp³-hybridized carbons (Fsp3) is 1.00. The van der Waals surface area contributed by atoms with Crippen molar-refractivity contribution in [3.63, 3.8) is 0 Å². The van der Waals surface area contributed by atoms with Crippen LogP contribution in [-0.2, 0) is 4.84 Å². The van der Waals surface area contributed by atoms with Crippen LogP contribution in [0.4, 0.5) is 0 Å². The monoisotopic (exact) mass is 131 g/mol. The summed E-state index contributed by atoms with van der Waals surface area (Å²) in [6.45, 7) is 4.31. The summed E-state index contributed by atoms with van der Waals surface area (Å²) in [6.07, 6.45) is 0. The van der Waals surface area contributed by atoms with Gasteiger partial charge in [-0.25, -0.2) is 4.84 Å². The molecule has 0 aliphatic carbocycles. The Hall–Kier alpha value is -0.120. The molecule has 3 heteroatoms. The Morgan fingerprint density at radius 3 is 2.22 bits per heavy atom. The molecule has 0 unspecified atom stereocenters. The average molecular weight is 131 g/mol. The molecule has 1 N–H and O–H groups in total. The number of piperazine rings is 1. The quantitative estimate of drug-likeness (QED) is 0.489. The zero-order valence-electron chi connectivity index (χ0n) is 6.18. The molecule has 0 radical (unpaired) electrons. The molecule has 1 heterocycles. The van der Waals surface area contributed by atoms with Gasteiger partial charge in [-0.05, 0) is 0 Å². The summed E-state index contributed by atoms with van der Waals surface area (Å²) < 4.78 is 0.757. The summed E-state index contributed by atoms with van der Waals surface area (Å²) in [6, 6.07) is 0. The van der Waals surface area contributed by atoms with Crippen molar-refractivity contribution in [2.45, 2.75) is 0 Å². The number of rotatable bonds is 1. The van der Waals surface area contributed by atoms with Crippen molar-refractivity contribution < 1.29 is 9.48 Å². The standard InChI is InChI=1S/C6H15N2O/c1-8(9-2)5-3-7-4-6-8/h7H,3-6H2,1-2H3/q+1. The van der Waals surface area contributed by atoms with Crippen molar-refractivity contribution >= 4 is 0 Å². The van der Waals surface area contributed by atoms with Gasteiger partial charge in [0.2, 0.25) is 0 Å². The number of likely N-dealkylation sites (N-methyl/N-ethyl adjacent to an activating group) is 1. The van der Waals surface area contributed by atoms with E-state index in [4.69, 9.17) is 4.84 Å². The van der Waals surface area contributed by atoms with Gasteiger partial charge in [0.25, 0.3) is 0 Å². The molecule has 0 aromatic carbocycles. The van der Waals surface area contributed by atoms with E-state index in [9.17, 15) is 0 Å². The zero-order chi connectivity index (χ0) is 6.74. The van der Waals surface area contributed by atoms with Crippen LogP contribution in [0.5, 0.6) is 0 Å². The molecule has 0 amide bonds. The first kappa shape index (κ1) is 6.99. The summed E-state index contributed by atoms with van der Waals surface area (Å²) >= 11 is 0. The Labute approximate surface area is 56.1 Å². The van der Waals surface area contributed by atoms with Crippen molar-refractivity contribution in [1.29, 1.82) is 0 Å². The summed E-state index contributed by atoms with van der Waals surface area (Å²) in [5.41, 5.74) is 0. The Bertz CT molecular complexity index is 89.1. The van der Waals surface area contributed by atoms with E-state index in [1.165, 1.54) is 0 Å². The molecule has 0 aromatic heterocycles. The van der Waals surface area contributed by atoms with Crippen LogP contribution in [-0.4, -0.2) is 45.0 Å². The highest BCUT2D eigenvalue weighted by molar-refractivity contribution is 4.50. The first-order chi connectivity index (χ1) is 4.27. The van der Waals surface area contributed by atoms with E-state index < -0.39 is 0 Å². The maximum Gasteiger partial charge on any atom is 0.121 e. The normalized spacial score (nSPS) is 26.0. The van der Waals surface area contributed by atoms with E-state index in [1.807, 2.05) is 0 Å². The molecule has 0 saturated carbocycles. The third kappa shape index (κ3) is 1.64. The molecule has 9 heavy (non-hydrogen) atoms. The zero-order valence-corrected chi connectivity index (χ0v) is 6.18. The lowest BCUT2D eigenvalue weighted by Gasteiger charge is -2.33.